The summed E-state index contributed by atoms with van der Waals surface area (Å²) in [5.41, 5.74) is 1.29. The normalized spacial score (nSPS) is 15.9. The fraction of sp³-hybridized carbons (Fsp3) is 0.375. The largest absolute Gasteiger partial charge is 0.363 e. The molecule has 1 unspecified atom stereocenters. The van der Waals surface area contributed by atoms with E-state index in [0.29, 0.717) is 5.92 Å². The van der Waals surface area contributed by atoms with Crippen molar-refractivity contribution in [1.29, 1.82) is 0 Å². The second-order valence-electron chi connectivity index (χ2n) is 5.22. The third-order valence-electron chi connectivity index (χ3n) is 3.59. The summed E-state index contributed by atoms with van der Waals surface area (Å²) in [5, 5.41) is 3.53. The molecule has 1 fully saturated rings. The molecule has 1 aromatic carbocycles. The summed E-state index contributed by atoms with van der Waals surface area (Å²) in [6, 6.07) is 12.7. The summed E-state index contributed by atoms with van der Waals surface area (Å²) < 4.78 is 0.861. The van der Waals surface area contributed by atoms with Gasteiger partial charge in [0.2, 0.25) is 0 Å². The van der Waals surface area contributed by atoms with Crippen molar-refractivity contribution in [3.63, 3.8) is 0 Å². The zero-order valence-corrected chi connectivity index (χ0v) is 13.1. The van der Waals surface area contributed by atoms with Gasteiger partial charge in [-0.3, -0.25) is 0 Å². The molecule has 1 N–H and O–H groups in total. The van der Waals surface area contributed by atoms with Crippen molar-refractivity contribution >= 4 is 21.7 Å². The number of nitrogens with one attached hydrogen (secondary N) is 1. The molecule has 1 aliphatic rings. The van der Waals surface area contributed by atoms with Crippen molar-refractivity contribution in [2.24, 2.45) is 0 Å². The summed E-state index contributed by atoms with van der Waals surface area (Å²) in [6.07, 6.45) is 3.45. The van der Waals surface area contributed by atoms with E-state index in [1.54, 1.807) is 0 Å². The van der Waals surface area contributed by atoms with Gasteiger partial charge in [0.05, 0.1) is 6.04 Å². The van der Waals surface area contributed by atoms with Gasteiger partial charge in [-0.2, -0.15) is 0 Å². The van der Waals surface area contributed by atoms with E-state index in [0.717, 1.165) is 22.7 Å². The van der Waals surface area contributed by atoms with E-state index in [2.05, 4.69) is 62.4 Å². The average Bonchev–Trinajstić information content (AvgIpc) is 3.30. The van der Waals surface area contributed by atoms with E-state index < -0.39 is 0 Å². The molecule has 0 spiro atoms. The molecule has 1 aliphatic carbocycles. The van der Waals surface area contributed by atoms with Crippen LogP contribution < -0.4 is 5.32 Å². The summed E-state index contributed by atoms with van der Waals surface area (Å²) in [5.74, 6) is 2.43. The first kappa shape index (κ1) is 13.6. The highest BCUT2D eigenvalue weighted by atomic mass is 79.9. The van der Waals surface area contributed by atoms with Crippen molar-refractivity contribution < 1.29 is 0 Å². The molecule has 104 valence electrons. The number of hydrogen-bond donors (Lipinski definition) is 1. The van der Waals surface area contributed by atoms with Gasteiger partial charge in [0.1, 0.15) is 16.2 Å². The number of halogens is 1. The highest BCUT2D eigenvalue weighted by Crippen LogP contribution is 2.39. The Labute approximate surface area is 128 Å². The van der Waals surface area contributed by atoms with E-state index >= 15 is 0 Å². The summed E-state index contributed by atoms with van der Waals surface area (Å²) in [4.78, 5) is 9.12. The van der Waals surface area contributed by atoms with Gasteiger partial charge < -0.3 is 5.32 Å². The van der Waals surface area contributed by atoms with Gasteiger partial charge in [0.25, 0.3) is 0 Å². The van der Waals surface area contributed by atoms with Crippen LogP contribution >= 0.6 is 15.9 Å². The topological polar surface area (TPSA) is 37.8 Å². The van der Waals surface area contributed by atoms with Gasteiger partial charge >= 0.3 is 0 Å². The number of aromatic nitrogens is 2. The molecule has 0 bridgehead atoms. The lowest BCUT2D eigenvalue weighted by molar-refractivity contribution is 0.740. The standard InChI is InChI=1S/C16H18BrN3/c1-2-13(11-6-4-3-5-7-11)18-15-10-14(17)19-16(20-15)12-8-9-12/h3-7,10,12-13H,2,8-9H2,1H3,(H,18,19,20). The molecule has 0 amide bonds. The molecule has 0 radical (unpaired) electrons. The van der Waals surface area contributed by atoms with Gasteiger partial charge in [0.15, 0.2) is 0 Å². The van der Waals surface area contributed by atoms with Crippen LogP contribution in [0.4, 0.5) is 5.82 Å². The molecule has 1 atom stereocenters. The van der Waals surface area contributed by atoms with Gasteiger partial charge in [-0.15, -0.1) is 0 Å². The third kappa shape index (κ3) is 3.18. The number of benzene rings is 1. The second kappa shape index (κ2) is 5.92. The fourth-order valence-corrected chi connectivity index (χ4v) is 2.72. The monoisotopic (exact) mass is 331 g/mol. The summed E-state index contributed by atoms with van der Waals surface area (Å²) in [6.45, 7) is 2.18. The lowest BCUT2D eigenvalue weighted by Gasteiger charge is -2.18. The van der Waals surface area contributed by atoms with Crippen molar-refractivity contribution in [3.8, 4) is 0 Å². The Morgan fingerprint density at radius 1 is 1.25 bits per heavy atom. The van der Waals surface area contributed by atoms with Gasteiger partial charge in [0, 0.05) is 12.0 Å². The molecule has 1 heterocycles. The predicted octanol–water partition coefficient (Wildman–Crippen LogP) is 4.68. The highest BCUT2D eigenvalue weighted by Gasteiger charge is 2.27. The average molecular weight is 332 g/mol. The molecular formula is C16H18BrN3. The first-order chi connectivity index (χ1) is 9.76. The van der Waals surface area contributed by atoms with Crippen molar-refractivity contribution in [2.45, 2.75) is 38.1 Å². The molecule has 0 saturated heterocycles. The van der Waals surface area contributed by atoms with Crippen LogP contribution in [0.15, 0.2) is 41.0 Å². The quantitative estimate of drug-likeness (QED) is 0.808. The molecule has 20 heavy (non-hydrogen) atoms. The Hall–Kier alpha value is -1.42. The maximum atomic E-state index is 4.66. The predicted molar refractivity (Wildman–Crippen MR) is 84.8 cm³/mol. The van der Waals surface area contributed by atoms with E-state index in [1.807, 2.05) is 12.1 Å². The van der Waals surface area contributed by atoms with Crippen molar-refractivity contribution in [3.05, 3.63) is 52.4 Å². The molecule has 3 rings (SSSR count). The number of hydrogen-bond acceptors (Lipinski definition) is 3. The van der Waals surface area contributed by atoms with Crippen LogP contribution in [0.1, 0.15) is 49.5 Å². The van der Waals surface area contributed by atoms with Crippen LogP contribution in [0.3, 0.4) is 0 Å². The van der Waals surface area contributed by atoms with E-state index in [-0.39, 0.29) is 6.04 Å². The Morgan fingerprint density at radius 3 is 2.65 bits per heavy atom. The van der Waals surface area contributed by atoms with E-state index in [9.17, 15) is 0 Å². The van der Waals surface area contributed by atoms with Crippen LogP contribution in [-0.4, -0.2) is 9.97 Å². The van der Waals surface area contributed by atoms with Crippen LogP contribution in [0.5, 0.6) is 0 Å². The molecule has 2 aromatic rings. The molecule has 0 aliphatic heterocycles. The van der Waals surface area contributed by atoms with E-state index in [1.165, 1.54) is 18.4 Å². The minimum Gasteiger partial charge on any atom is -0.363 e. The fourth-order valence-electron chi connectivity index (χ4n) is 2.32. The first-order valence-electron chi connectivity index (χ1n) is 7.12. The number of rotatable bonds is 5. The lowest BCUT2D eigenvalue weighted by Crippen LogP contribution is -2.11. The van der Waals surface area contributed by atoms with Crippen LogP contribution in [0.2, 0.25) is 0 Å². The Bertz CT molecular complexity index is 582. The minimum atomic E-state index is 0.282. The van der Waals surface area contributed by atoms with Crippen molar-refractivity contribution in [2.75, 3.05) is 5.32 Å². The molecule has 3 nitrogen and oxygen atoms in total. The van der Waals surface area contributed by atoms with Crippen LogP contribution in [0.25, 0.3) is 0 Å². The van der Waals surface area contributed by atoms with Crippen molar-refractivity contribution in [1.82, 2.24) is 9.97 Å². The highest BCUT2D eigenvalue weighted by molar-refractivity contribution is 9.10. The van der Waals surface area contributed by atoms with Gasteiger partial charge in [-0.05, 0) is 40.8 Å². The van der Waals surface area contributed by atoms with Gasteiger partial charge in [-0.1, -0.05) is 37.3 Å². The van der Waals surface area contributed by atoms with Gasteiger partial charge in [-0.25, -0.2) is 9.97 Å². The van der Waals surface area contributed by atoms with E-state index in [4.69, 9.17) is 0 Å². The summed E-state index contributed by atoms with van der Waals surface area (Å²) >= 11 is 3.49. The third-order valence-corrected chi connectivity index (χ3v) is 3.99. The molecular weight excluding hydrogens is 314 g/mol. The second-order valence-corrected chi connectivity index (χ2v) is 6.04. The first-order valence-corrected chi connectivity index (χ1v) is 7.91. The zero-order chi connectivity index (χ0) is 13.9. The van der Waals surface area contributed by atoms with Crippen LogP contribution in [0, 0.1) is 0 Å². The Balaban J connectivity index is 1.82. The Kier molecular flexibility index (Phi) is 4.01. The smallest absolute Gasteiger partial charge is 0.135 e. The Morgan fingerprint density at radius 2 is 2.00 bits per heavy atom. The van der Waals surface area contributed by atoms with Crippen LogP contribution in [-0.2, 0) is 0 Å². The maximum absolute atomic E-state index is 4.66. The summed E-state index contributed by atoms with van der Waals surface area (Å²) in [7, 11) is 0. The zero-order valence-electron chi connectivity index (χ0n) is 11.5. The lowest BCUT2D eigenvalue weighted by atomic mass is 10.0. The number of anilines is 1. The molecule has 1 saturated carbocycles. The SMILES string of the molecule is CCC(Nc1cc(Br)nc(C2CC2)n1)c1ccccc1. The minimum absolute atomic E-state index is 0.282. The maximum Gasteiger partial charge on any atom is 0.135 e. The molecule has 4 heteroatoms. The molecule has 1 aromatic heterocycles. The number of nitrogens with zero attached hydrogens (tertiary/aromatic N) is 2.